The largest absolute Gasteiger partial charge is 0.396 e. The Balaban J connectivity index is 3.13. The smallest absolute Gasteiger partial charge is 0.156 e. The zero-order valence-corrected chi connectivity index (χ0v) is 11.6. The normalized spacial score (nSPS) is 14.1. The molecule has 1 unspecified atom stereocenters. The van der Waals surface area contributed by atoms with E-state index in [1.54, 1.807) is 6.92 Å². The number of carbonyl (C=O) groups is 1. The van der Waals surface area contributed by atoms with Crippen LogP contribution in [-0.4, -0.2) is 33.5 Å². The number of rotatable bonds is 6. The number of halogens is 1. The fraction of sp³-hybridized carbons (Fsp3) is 0.583. The van der Waals surface area contributed by atoms with Crippen LogP contribution in [0.4, 0.5) is 5.82 Å². The fourth-order valence-electron chi connectivity index (χ4n) is 1.61. The molecule has 2 N–H and O–H groups in total. The third kappa shape index (κ3) is 3.40. The summed E-state index contributed by atoms with van der Waals surface area (Å²) in [6.45, 7) is 5.73. The number of hydrogen-bond acceptors (Lipinski definition) is 5. The van der Waals surface area contributed by atoms with E-state index >= 15 is 0 Å². The predicted molar refractivity (Wildman–Crippen MR) is 71.2 cm³/mol. The zero-order chi connectivity index (χ0) is 13.8. The average Bonchev–Trinajstić information content (AvgIpc) is 2.28. The maximum atomic E-state index is 11.0. The molecule has 0 aliphatic carbocycles. The molecule has 0 bridgehead atoms. The number of aldehydes is 1. The zero-order valence-electron chi connectivity index (χ0n) is 10.8. The van der Waals surface area contributed by atoms with Crippen molar-refractivity contribution in [2.24, 2.45) is 0 Å². The lowest BCUT2D eigenvalue weighted by Crippen LogP contribution is -2.36. The van der Waals surface area contributed by atoms with Crippen LogP contribution in [0.1, 0.15) is 42.9 Å². The van der Waals surface area contributed by atoms with Gasteiger partial charge in [0, 0.05) is 12.1 Å². The first-order valence-electron chi connectivity index (χ1n) is 5.84. The second-order valence-corrected chi connectivity index (χ2v) is 4.81. The molecule has 0 saturated carbocycles. The van der Waals surface area contributed by atoms with Crippen LogP contribution >= 0.6 is 11.6 Å². The summed E-state index contributed by atoms with van der Waals surface area (Å²) < 4.78 is 0. The molecular weight excluding hydrogens is 254 g/mol. The van der Waals surface area contributed by atoms with Gasteiger partial charge in [-0.1, -0.05) is 18.5 Å². The lowest BCUT2D eigenvalue weighted by Gasteiger charge is -2.30. The Bertz CT molecular complexity index is 440. The van der Waals surface area contributed by atoms with Gasteiger partial charge in [0.15, 0.2) is 6.29 Å². The number of anilines is 1. The van der Waals surface area contributed by atoms with Crippen molar-refractivity contribution in [2.45, 2.75) is 39.2 Å². The van der Waals surface area contributed by atoms with Gasteiger partial charge in [-0.25, -0.2) is 9.97 Å². The van der Waals surface area contributed by atoms with Crippen molar-refractivity contribution in [3.05, 3.63) is 16.5 Å². The van der Waals surface area contributed by atoms with Gasteiger partial charge in [0.25, 0.3) is 0 Å². The van der Waals surface area contributed by atoms with Crippen LogP contribution < -0.4 is 5.32 Å². The van der Waals surface area contributed by atoms with Crippen molar-refractivity contribution in [1.29, 1.82) is 0 Å². The lowest BCUT2D eigenvalue weighted by molar-refractivity contribution is 0.112. The standard InChI is InChI=1S/C12H18ClN3O2/c1-4-12(3,5-6-17)16-11-9(7-18)10(13)14-8(2)15-11/h7,17H,4-6H2,1-3H3,(H,14,15,16). The molecule has 1 rings (SSSR count). The number of nitrogens with zero attached hydrogens (tertiary/aromatic N) is 2. The average molecular weight is 272 g/mol. The van der Waals surface area contributed by atoms with E-state index in [4.69, 9.17) is 16.7 Å². The number of aryl methyl sites for hydroxylation is 1. The minimum atomic E-state index is -0.337. The SMILES string of the molecule is CCC(C)(CCO)Nc1nc(C)nc(Cl)c1C=O. The summed E-state index contributed by atoms with van der Waals surface area (Å²) >= 11 is 5.91. The van der Waals surface area contributed by atoms with Gasteiger partial charge in [-0.2, -0.15) is 0 Å². The lowest BCUT2D eigenvalue weighted by atomic mass is 9.95. The summed E-state index contributed by atoms with van der Waals surface area (Å²) in [4.78, 5) is 19.2. The van der Waals surface area contributed by atoms with E-state index in [0.717, 1.165) is 6.42 Å². The summed E-state index contributed by atoms with van der Waals surface area (Å²) in [6.07, 6.45) is 1.98. The van der Waals surface area contributed by atoms with Crippen LogP contribution in [0.25, 0.3) is 0 Å². The van der Waals surface area contributed by atoms with Crippen LogP contribution in [-0.2, 0) is 0 Å². The van der Waals surface area contributed by atoms with Crippen LogP contribution in [0, 0.1) is 6.92 Å². The molecule has 0 spiro atoms. The highest BCUT2D eigenvalue weighted by Gasteiger charge is 2.24. The highest BCUT2D eigenvalue weighted by Crippen LogP contribution is 2.25. The van der Waals surface area contributed by atoms with E-state index in [9.17, 15) is 4.79 Å². The van der Waals surface area contributed by atoms with E-state index in [1.165, 1.54) is 0 Å². The van der Waals surface area contributed by atoms with E-state index in [0.29, 0.717) is 24.3 Å². The van der Waals surface area contributed by atoms with E-state index < -0.39 is 0 Å². The molecule has 100 valence electrons. The number of carbonyl (C=O) groups excluding carboxylic acids is 1. The monoisotopic (exact) mass is 271 g/mol. The van der Waals surface area contributed by atoms with Gasteiger partial charge in [-0.05, 0) is 26.7 Å². The molecule has 18 heavy (non-hydrogen) atoms. The van der Waals surface area contributed by atoms with Gasteiger partial charge in [-0.3, -0.25) is 4.79 Å². The summed E-state index contributed by atoms with van der Waals surface area (Å²) in [7, 11) is 0. The molecule has 0 radical (unpaired) electrons. The van der Waals surface area contributed by atoms with E-state index in [-0.39, 0.29) is 22.9 Å². The first kappa shape index (κ1) is 14.9. The summed E-state index contributed by atoms with van der Waals surface area (Å²) in [6, 6.07) is 0. The highest BCUT2D eigenvalue weighted by molar-refractivity contribution is 6.32. The summed E-state index contributed by atoms with van der Waals surface area (Å²) in [5, 5.41) is 12.4. The molecule has 1 aromatic rings. The van der Waals surface area contributed by atoms with Crippen molar-refractivity contribution in [2.75, 3.05) is 11.9 Å². The van der Waals surface area contributed by atoms with E-state index in [1.807, 2.05) is 13.8 Å². The Hall–Kier alpha value is -1.20. The number of aliphatic hydroxyl groups excluding tert-OH is 1. The first-order valence-corrected chi connectivity index (χ1v) is 6.22. The Labute approximate surface area is 112 Å². The number of aromatic nitrogens is 2. The minimum Gasteiger partial charge on any atom is -0.396 e. The van der Waals surface area contributed by atoms with Crippen LogP contribution in [0.15, 0.2) is 0 Å². The summed E-state index contributed by atoms with van der Waals surface area (Å²) in [5.41, 5.74) is -0.0868. The minimum absolute atomic E-state index is 0.0611. The third-order valence-electron chi connectivity index (χ3n) is 2.99. The highest BCUT2D eigenvalue weighted by atomic mass is 35.5. The molecule has 0 saturated heterocycles. The third-order valence-corrected chi connectivity index (χ3v) is 3.28. The molecule has 0 aliphatic rings. The molecule has 0 amide bonds. The van der Waals surface area contributed by atoms with Gasteiger partial charge in [-0.15, -0.1) is 0 Å². The van der Waals surface area contributed by atoms with Crippen LogP contribution in [0.2, 0.25) is 5.15 Å². The second-order valence-electron chi connectivity index (χ2n) is 4.45. The fourth-order valence-corrected chi connectivity index (χ4v) is 1.86. The molecule has 0 aromatic carbocycles. The van der Waals surface area contributed by atoms with Gasteiger partial charge in [0.05, 0.1) is 5.56 Å². The Morgan fingerprint density at radius 1 is 1.50 bits per heavy atom. The Morgan fingerprint density at radius 3 is 2.67 bits per heavy atom. The quantitative estimate of drug-likeness (QED) is 0.613. The molecule has 1 atom stereocenters. The number of aliphatic hydroxyl groups is 1. The topological polar surface area (TPSA) is 75.1 Å². The molecule has 0 fully saturated rings. The number of nitrogens with one attached hydrogen (secondary N) is 1. The molecule has 0 aliphatic heterocycles. The molecule has 1 aromatic heterocycles. The van der Waals surface area contributed by atoms with E-state index in [2.05, 4.69) is 15.3 Å². The number of hydrogen-bond donors (Lipinski definition) is 2. The van der Waals surface area contributed by atoms with Gasteiger partial charge in [0.1, 0.15) is 16.8 Å². The maximum absolute atomic E-state index is 11.0. The second kappa shape index (κ2) is 6.11. The molecular formula is C12H18ClN3O2. The van der Waals surface area contributed by atoms with Gasteiger partial charge < -0.3 is 10.4 Å². The van der Waals surface area contributed by atoms with Crippen molar-refractivity contribution in [3.63, 3.8) is 0 Å². The van der Waals surface area contributed by atoms with Gasteiger partial charge >= 0.3 is 0 Å². The first-order chi connectivity index (χ1) is 8.45. The predicted octanol–water partition coefficient (Wildman–Crippen LogP) is 2.21. The maximum Gasteiger partial charge on any atom is 0.156 e. The van der Waals surface area contributed by atoms with Crippen molar-refractivity contribution in [1.82, 2.24) is 9.97 Å². The molecule has 1 heterocycles. The molecule has 6 heteroatoms. The van der Waals surface area contributed by atoms with Crippen molar-refractivity contribution >= 4 is 23.7 Å². The Morgan fingerprint density at radius 2 is 2.17 bits per heavy atom. The summed E-state index contributed by atoms with van der Waals surface area (Å²) in [5.74, 6) is 0.913. The molecule has 5 nitrogen and oxygen atoms in total. The Kier molecular flexibility index (Phi) is 5.04. The van der Waals surface area contributed by atoms with Gasteiger partial charge in [0.2, 0.25) is 0 Å². The van der Waals surface area contributed by atoms with Crippen molar-refractivity contribution in [3.8, 4) is 0 Å². The van der Waals surface area contributed by atoms with Crippen molar-refractivity contribution < 1.29 is 9.90 Å². The van der Waals surface area contributed by atoms with Crippen LogP contribution in [0.3, 0.4) is 0 Å². The van der Waals surface area contributed by atoms with Crippen LogP contribution in [0.5, 0.6) is 0 Å².